The minimum Gasteiger partial charge on any atom is -0.394 e. The maximum atomic E-state index is 12.6. The highest BCUT2D eigenvalue weighted by Crippen LogP contribution is 2.33. The van der Waals surface area contributed by atoms with Gasteiger partial charge in [0.15, 0.2) is 11.3 Å². The molecular weight excluding hydrogens is 335 g/mol. The van der Waals surface area contributed by atoms with Crippen molar-refractivity contribution >= 4 is 11.2 Å². The van der Waals surface area contributed by atoms with Crippen LogP contribution in [0.15, 0.2) is 17.1 Å². The van der Waals surface area contributed by atoms with Gasteiger partial charge in [-0.25, -0.2) is 4.98 Å². The van der Waals surface area contributed by atoms with Gasteiger partial charge >= 0.3 is 6.18 Å². The smallest absolute Gasteiger partial charge is 0.394 e. The SMILES string of the molecule is O=c1[nH]c2nc(C(F)(F)F)cnc2cc1C1OC(CO)C(O)C1O. The highest BCUT2D eigenvalue weighted by atomic mass is 19.4. The third-order valence-electron chi connectivity index (χ3n) is 3.73. The van der Waals surface area contributed by atoms with Crippen molar-refractivity contribution in [3.8, 4) is 0 Å². The van der Waals surface area contributed by atoms with Crippen molar-refractivity contribution in [2.24, 2.45) is 0 Å². The van der Waals surface area contributed by atoms with Gasteiger partial charge in [-0.2, -0.15) is 13.2 Å². The van der Waals surface area contributed by atoms with E-state index in [1.807, 2.05) is 0 Å². The van der Waals surface area contributed by atoms with Crippen LogP contribution in [0.5, 0.6) is 0 Å². The van der Waals surface area contributed by atoms with Crippen LogP contribution in [0.2, 0.25) is 0 Å². The molecule has 1 fully saturated rings. The van der Waals surface area contributed by atoms with Crippen LogP contribution in [0.3, 0.4) is 0 Å². The molecule has 0 saturated carbocycles. The van der Waals surface area contributed by atoms with Crippen LogP contribution in [-0.4, -0.2) is 55.2 Å². The fourth-order valence-corrected chi connectivity index (χ4v) is 2.49. The number of aliphatic hydroxyl groups excluding tert-OH is 3. The minimum absolute atomic E-state index is 0.0460. The summed E-state index contributed by atoms with van der Waals surface area (Å²) < 4.78 is 43.1. The van der Waals surface area contributed by atoms with Gasteiger partial charge in [-0.1, -0.05) is 0 Å². The predicted molar refractivity (Wildman–Crippen MR) is 71.9 cm³/mol. The number of fused-ring (bicyclic) bond motifs is 1. The lowest BCUT2D eigenvalue weighted by Gasteiger charge is -2.14. The van der Waals surface area contributed by atoms with E-state index in [0.29, 0.717) is 6.20 Å². The Kier molecular flexibility index (Phi) is 4.03. The van der Waals surface area contributed by atoms with Gasteiger partial charge in [0.05, 0.1) is 18.4 Å². The molecule has 3 heterocycles. The number of alkyl halides is 3. The minimum atomic E-state index is -4.71. The van der Waals surface area contributed by atoms with Crippen LogP contribution in [-0.2, 0) is 10.9 Å². The second kappa shape index (κ2) is 5.77. The number of nitrogens with one attached hydrogen (secondary N) is 1. The highest BCUT2D eigenvalue weighted by molar-refractivity contribution is 5.70. The van der Waals surface area contributed by atoms with Crippen molar-refractivity contribution in [3.63, 3.8) is 0 Å². The summed E-state index contributed by atoms with van der Waals surface area (Å²) >= 11 is 0. The molecule has 1 saturated heterocycles. The summed E-state index contributed by atoms with van der Waals surface area (Å²) in [4.78, 5) is 21.1. The van der Waals surface area contributed by atoms with E-state index in [1.165, 1.54) is 0 Å². The fraction of sp³-hybridized carbons (Fsp3) is 0.462. The van der Waals surface area contributed by atoms with E-state index in [-0.39, 0.29) is 16.7 Å². The number of ether oxygens (including phenoxy) is 1. The first-order chi connectivity index (χ1) is 11.2. The molecule has 4 atom stereocenters. The molecule has 2 aromatic heterocycles. The molecule has 8 nitrogen and oxygen atoms in total. The third kappa shape index (κ3) is 2.75. The van der Waals surface area contributed by atoms with E-state index >= 15 is 0 Å². The predicted octanol–water partition coefficient (Wildman–Crippen LogP) is -0.509. The van der Waals surface area contributed by atoms with Gasteiger partial charge in [-0.3, -0.25) is 9.78 Å². The molecular formula is C13H12F3N3O5. The summed E-state index contributed by atoms with van der Waals surface area (Å²) in [5.41, 5.74) is -2.66. The van der Waals surface area contributed by atoms with Crippen LogP contribution < -0.4 is 5.56 Å². The zero-order chi connectivity index (χ0) is 17.6. The van der Waals surface area contributed by atoms with E-state index in [0.717, 1.165) is 6.07 Å². The van der Waals surface area contributed by atoms with Gasteiger partial charge in [0, 0.05) is 0 Å². The Hall–Kier alpha value is -2.08. The van der Waals surface area contributed by atoms with Crippen LogP contribution in [0.1, 0.15) is 17.4 Å². The summed E-state index contributed by atoms with van der Waals surface area (Å²) in [5, 5.41) is 28.7. The van der Waals surface area contributed by atoms with E-state index in [2.05, 4.69) is 15.0 Å². The average molecular weight is 347 g/mol. The highest BCUT2D eigenvalue weighted by Gasteiger charge is 2.44. The quantitative estimate of drug-likeness (QED) is 0.576. The molecule has 0 bridgehead atoms. The summed E-state index contributed by atoms with van der Waals surface area (Å²) in [6.45, 7) is -0.574. The maximum Gasteiger partial charge on any atom is 0.434 e. The number of nitrogens with zero attached hydrogens (tertiary/aromatic N) is 2. The number of hydrogen-bond acceptors (Lipinski definition) is 7. The number of aromatic amines is 1. The van der Waals surface area contributed by atoms with Gasteiger partial charge in [0.2, 0.25) is 0 Å². The van der Waals surface area contributed by atoms with Gasteiger partial charge in [0.25, 0.3) is 5.56 Å². The van der Waals surface area contributed by atoms with Gasteiger partial charge in [-0.15, -0.1) is 0 Å². The number of aliphatic hydroxyl groups is 3. The number of halogens is 3. The molecule has 3 rings (SSSR count). The topological polar surface area (TPSA) is 129 Å². The molecule has 4 unspecified atom stereocenters. The van der Waals surface area contributed by atoms with E-state index in [4.69, 9.17) is 9.84 Å². The number of aromatic nitrogens is 3. The van der Waals surface area contributed by atoms with Crippen molar-refractivity contribution < 1.29 is 33.2 Å². The normalized spacial score (nSPS) is 27.8. The Morgan fingerprint density at radius 1 is 1.29 bits per heavy atom. The summed E-state index contributed by atoms with van der Waals surface area (Å²) in [7, 11) is 0. The zero-order valence-electron chi connectivity index (χ0n) is 11.9. The molecule has 0 amide bonds. The summed E-state index contributed by atoms with van der Waals surface area (Å²) in [6.07, 6.45) is -9.42. The average Bonchev–Trinajstić information content (AvgIpc) is 2.80. The second-order valence-corrected chi connectivity index (χ2v) is 5.30. The zero-order valence-corrected chi connectivity index (χ0v) is 11.9. The fourth-order valence-electron chi connectivity index (χ4n) is 2.49. The van der Waals surface area contributed by atoms with E-state index in [9.17, 15) is 28.2 Å². The Morgan fingerprint density at radius 3 is 2.58 bits per heavy atom. The number of rotatable bonds is 2. The van der Waals surface area contributed by atoms with Crippen molar-refractivity contribution in [1.29, 1.82) is 0 Å². The van der Waals surface area contributed by atoms with Gasteiger partial charge in [0.1, 0.15) is 29.9 Å². The molecule has 0 spiro atoms. The Morgan fingerprint density at radius 2 is 2.00 bits per heavy atom. The maximum absolute atomic E-state index is 12.6. The summed E-state index contributed by atoms with van der Waals surface area (Å²) in [6, 6.07) is 1.13. The lowest BCUT2D eigenvalue weighted by molar-refractivity contribution is -0.141. The largest absolute Gasteiger partial charge is 0.434 e. The Bertz CT molecular complexity index is 825. The molecule has 1 aliphatic heterocycles. The van der Waals surface area contributed by atoms with Gasteiger partial charge < -0.3 is 25.0 Å². The molecule has 11 heteroatoms. The first-order valence-corrected chi connectivity index (χ1v) is 6.82. The first kappa shape index (κ1) is 16.8. The molecule has 24 heavy (non-hydrogen) atoms. The second-order valence-electron chi connectivity index (χ2n) is 5.30. The van der Waals surface area contributed by atoms with Gasteiger partial charge in [-0.05, 0) is 6.07 Å². The standard InChI is InChI=1S/C13H12F3N3O5/c14-13(15,16)7-2-17-5-1-4(12(23)19-11(5)18-7)10-9(22)8(21)6(3-20)24-10/h1-2,6,8-10,20-22H,3H2,(H,18,19,23). The lowest BCUT2D eigenvalue weighted by Crippen LogP contribution is -2.33. The van der Waals surface area contributed by atoms with Crippen molar-refractivity contribution in [2.75, 3.05) is 6.61 Å². The van der Waals surface area contributed by atoms with Crippen molar-refractivity contribution in [1.82, 2.24) is 15.0 Å². The van der Waals surface area contributed by atoms with E-state index < -0.39 is 48.5 Å². The van der Waals surface area contributed by atoms with Crippen LogP contribution in [0.4, 0.5) is 13.2 Å². The molecule has 2 aromatic rings. The van der Waals surface area contributed by atoms with Crippen LogP contribution in [0.25, 0.3) is 11.2 Å². The molecule has 1 aliphatic rings. The molecule has 0 aromatic carbocycles. The lowest BCUT2D eigenvalue weighted by atomic mass is 10.0. The number of pyridine rings is 1. The van der Waals surface area contributed by atoms with E-state index in [1.54, 1.807) is 0 Å². The Balaban J connectivity index is 2.05. The molecule has 0 radical (unpaired) electrons. The van der Waals surface area contributed by atoms with Crippen molar-refractivity contribution in [2.45, 2.75) is 30.6 Å². The number of hydrogen-bond donors (Lipinski definition) is 4. The van der Waals surface area contributed by atoms with Crippen LogP contribution >= 0.6 is 0 Å². The Labute approximate surface area is 131 Å². The number of H-pyrrole nitrogens is 1. The van der Waals surface area contributed by atoms with Crippen molar-refractivity contribution in [3.05, 3.63) is 33.9 Å². The third-order valence-corrected chi connectivity index (χ3v) is 3.73. The molecule has 0 aliphatic carbocycles. The molecule has 4 N–H and O–H groups in total. The monoisotopic (exact) mass is 347 g/mol. The summed E-state index contributed by atoms with van der Waals surface area (Å²) in [5.74, 6) is 0. The first-order valence-electron chi connectivity index (χ1n) is 6.82. The van der Waals surface area contributed by atoms with Crippen LogP contribution in [0, 0.1) is 0 Å². The molecule has 130 valence electrons.